The highest BCUT2D eigenvalue weighted by Gasteiger charge is 2.08. The maximum Gasteiger partial charge on any atom is 0.253 e. The molecule has 4 aromatic rings. The van der Waals surface area contributed by atoms with E-state index in [0.717, 1.165) is 22.3 Å². The first kappa shape index (κ1) is 19.4. The van der Waals surface area contributed by atoms with Crippen LogP contribution in [0.5, 0.6) is 5.75 Å². The number of fused-ring (bicyclic) bond motifs is 1. The van der Waals surface area contributed by atoms with Gasteiger partial charge in [-0.05, 0) is 49.4 Å². The lowest BCUT2D eigenvalue weighted by Crippen LogP contribution is -2.30. The molecule has 2 aromatic carbocycles. The first-order valence-electron chi connectivity index (χ1n) is 9.65. The fraction of sp³-hybridized carbons (Fsp3) is 0.182. The summed E-state index contributed by atoms with van der Waals surface area (Å²) in [6.07, 6.45) is 3.08. The number of aromatic amines is 1. The van der Waals surface area contributed by atoms with E-state index in [1.165, 1.54) is 17.0 Å². The zero-order valence-corrected chi connectivity index (χ0v) is 16.5. The van der Waals surface area contributed by atoms with Crippen LogP contribution < -0.4 is 15.6 Å². The van der Waals surface area contributed by atoms with Crippen LogP contribution in [0.4, 0.5) is 0 Å². The van der Waals surface area contributed by atoms with Gasteiger partial charge in [-0.2, -0.15) is 0 Å². The molecule has 0 saturated heterocycles. The lowest BCUT2D eigenvalue weighted by atomic mass is 10.1. The van der Waals surface area contributed by atoms with Crippen molar-refractivity contribution in [3.63, 3.8) is 0 Å². The molecule has 0 aliphatic rings. The van der Waals surface area contributed by atoms with Crippen molar-refractivity contribution in [2.24, 2.45) is 0 Å². The zero-order valence-electron chi connectivity index (χ0n) is 16.5. The number of ether oxygens (including phenoxy) is 1. The van der Waals surface area contributed by atoms with Crippen LogP contribution >= 0.6 is 0 Å². The Morgan fingerprint density at radius 1 is 1.13 bits per heavy atom. The molecule has 0 aliphatic heterocycles. The van der Waals surface area contributed by atoms with Gasteiger partial charge in [0.1, 0.15) is 5.75 Å². The molecule has 0 aliphatic carbocycles. The average Bonchev–Trinajstić information content (AvgIpc) is 3.23. The number of carbonyl (C=O) groups excluding carboxylic acids is 1. The number of aromatic nitrogens is 4. The highest BCUT2D eigenvalue weighted by atomic mass is 16.5. The number of imidazole rings is 1. The minimum Gasteiger partial charge on any atom is -0.494 e. The molecule has 152 valence electrons. The Labute approximate surface area is 172 Å². The third-order valence-corrected chi connectivity index (χ3v) is 4.66. The molecule has 1 amide bonds. The highest BCUT2D eigenvalue weighted by Crippen LogP contribution is 2.19. The van der Waals surface area contributed by atoms with E-state index in [1.807, 2.05) is 31.2 Å². The summed E-state index contributed by atoms with van der Waals surface area (Å²) in [5, 5.41) is 2.82. The summed E-state index contributed by atoms with van der Waals surface area (Å²) >= 11 is 0. The zero-order chi connectivity index (χ0) is 20.9. The molecule has 0 bridgehead atoms. The van der Waals surface area contributed by atoms with E-state index < -0.39 is 0 Å². The van der Waals surface area contributed by atoms with Crippen molar-refractivity contribution in [3.8, 4) is 17.0 Å². The van der Waals surface area contributed by atoms with Crippen LogP contribution in [0.3, 0.4) is 0 Å². The summed E-state index contributed by atoms with van der Waals surface area (Å²) in [5.74, 6) is 0.565. The van der Waals surface area contributed by atoms with Gasteiger partial charge >= 0.3 is 0 Å². The molecule has 0 atom stereocenters. The normalized spacial score (nSPS) is 10.8. The van der Waals surface area contributed by atoms with Gasteiger partial charge in [0.25, 0.3) is 11.5 Å². The number of nitrogens with one attached hydrogen (secondary N) is 2. The first-order valence-corrected chi connectivity index (χ1v) is 9.65. The second-order valence-corrected chi connectivity index (χ2v) is 6.65. The molecule has 0 fully saturated rings. The van der Waals surface area contributed by atoms with Crippen molar-refractivity contribution in [3.05, 3.63) is 77.1 Å². The molecule has 2 aromatic heterocycles. The quantitative estimate of drug-likeness (QED) is 0.494. The maximum absolute atomic E-state index is 12.4. The number of rotatable bonds is 7. The summed E-state index contributed by atoms with van der Waals surface area (Å²) in [5.41, 5.74) is 3.39. The lowest BCUT2D eigenvalue weighted by Gasteiger charge is -2.09. The number of nitrogens with zero attached hydrogens (tertiary/aromatic N) is 3. The Morgan fingerprint density at radius 3 is 2.73 bits per heavy atom. The molecular weight excluding hydrogens is 382 g/mol. The Morgan fingerprint density at radius 2 is 1.97 bits per heavy atom. The van der Waals surface area contributed by atoms with Gasteiger partial charge in [-0.25, -0.2) is 9.97 Å². The van der Waals surface area contributed by atoms with E-state index in [4.69, 9.17) is 4.74 Å². The Bertz CT molecular complexity index is 1230. The summed E-state index contributed by atoms with van der Waals surface area (Å²) in [4.78, 5) is 36.2. The summed E-state index contributed by atoms with van der Waals surface area (Å²) in [7, 11) is 0. The van der Waals surface area contributed by atoms with Gasteiger partial charge in [-0.3, -0.25) is 14.2 Å². The van der Waals surface area contributed by atoms with Gasteiger partial charge in [-0.15, -0.1) is 0 Å². The lowest BCUT2D eigenvalue weighted by molar-refractivity contribution is 0.0952. The van der Waals surface area contributed by atoms with Gasteiger partial charge < -0.3 is 15.0 Å². The summed E-state index contributed by atoms with van der Waals surface area (Å²) < 4.78 is 6.90. The van der Waals surface area contributed by atoms with E-state index in [2.05, 4.69) is 20.3 Å². The molecule has 0 spiro atoms. The van der Waals surface area contributed by atoms with Gasteiger partial charge in [0.05, 0.1) is 36.0 Å². The third kappa shape index (κ3) is 4.22. The Kier molecular flexibility index (Phi) is 5.56. The van der Waals surface area contributed by atoms with E-state index in [-0.39, 0.29) is 11.5 Å². The molecule has 8 heteroatoms. The molecule has 0 saturated carbocycles. The fourth-order valence-electron chi connectivity index (χ4n) is 3.11. The van der Waals surface area contributed by atoms with Gasteiger partial charge in [0.2, 0.25) is 0 Å². The van der Waals surface area contributed by atoms with Crippen LogP contribution in [0.2, 0.25) is 0 Å². The topological polar surface area (TPSA) is 102 Å². The monoisotopic (exact) mass is 403 g/mol. The van der Waals surface area contributed by atoms with E-state index in [0.29, 0.717) is 31.0 Å². The van der Waals surface area contributed by atoms with Gasteiger partial charge in [0, 0.05) is 30.3 Å². The molecule has 8 nitrogen and oxygen atoms in total. The maximum atomic E-state index is 12.4. The third-order valence-electron chi connectivity index (χ3n) is 4.66. The largest absolute Gasteiger partial charge is 0.494 e. The van der Waals surface area contributed by atoms with Crippen molar-refractivity contribution < 1.29 is 9.53 Å². The van der Waals surface area contributed by atoms with Crippen molar-refractivity contribution in [2.45, 2.75) is 13.5 Å². The Balaban J connectivity index is 1.37. The number of H-pyrrole nitrogens is 1. The fourth-order valence-corrected chi connectivity index (χ4v) is 3.11. The van der Waals surface area contributed by atoms with Crippen molar-refractivity contribution in [1.29, 1.82) is 0 Å². The molecule has 2 heterocycles. The molecular formula is C22H21N5O3. The van der Waals surface area contributed by atoms with Crippen LogP contribution in [0.25, 0.3) is 22.3 Å². The average molecular weight is 403 g/mol. The number of amides is 1. The highest BCUT2D eigenvalue weighted by molar-refractivity contribution is 5.97. The minimum absolute atomic E-state index is 0.179. The molecule has 0 radical (unpaired) electrons. The van der Waals surface area contributed by atoms with Crippen molar-refractivity contribution in [2.75, 3.05) is 13.2 Å². The molecule has 2 N–H and O–H groups in total. The summed E-state index contributed by atoms with van der Waals surface area (Å²) in [6.45, 7) is 3.16. The smallest absolute Gasteiger partial charge is 0.253 e. The predicted octanol–water partition coefficient (Wildman–Crippen LogP) is 2.62. The first-order chi connectivity index (χ1) is 14.6. The summed E-state index contributed by atoms with van der Waals surface area (Å²) in [6, 6.07) is 14.2. The number of hydrogen-bond donors (Lipinski definition) is 2. The SMILES string of the molecule is CCOc1ccc(-c2cc(=O)n(CCNC(=O)c3ccc4nc[nH]c4c3)cn2)cc1. The van der Waals surface area contributed by atoms with Crippen molar-refractivity contribution in [1.82, 2.24) is 24.8 Å². The van der Waals surface area contributed by atoms with Crippen molar-refractivity contribution >= 4 is 16.9 Å². The number of benzene rings is 2. The van der Waals surface area contributed by atoms with Crippen LogP contribution in [0.1, 0.15) is 17.3 Å². The predicted molar refractivity (Wildman–Crippen MR) is 114 cm³/mol. The van der Waals surface area contributed by atoms with Crippen LogP contribution in [-0.4, -0.2) is 38.6 Å². The second kappa shape index (κ2) is 8.60. The molecule has 0 unspecified atom stereocenters. The Hall–Kier alpha value is -3.94. The van der Waals surface area contributed by atoms with Crippen LogP contribution in [-0.2, 0) is 6.54 Å². The molecule has 30 heavy (non-hydrogen) atoms. The number of hydrogen-bond acceptors (Lipinski definition) is 5. The second-order valence-electron chi connectivity index (χ2n) is 6.65. The van der Waals surface area contributed by atoms with E-state index in [1.54, 1.807) is 24.5 Å². The van der Waals surface area contributed by atoms with Crippen LogP contribution in [0.15, 0.2) is 66.0 Å². The minimum atomic E-state index is -0.210. The molecule has 4 rings (SSSR count). The van der Waals surface area contributed by atoms with E-state index in [9.17, 15) is 9.59 Å². The van der Waals surface area contributed by atoms with Gasteiger partial charge in [-0.1, -0.05) is 0 Å². The van der Waals surface area contributed by atoms with E-state index >= 15 is 0 Å². The van der Waals surface area contributed by atoms with Gasteiger partial charge in [0.15, 0.2) is 0 Å². The standard InChI is InChI=1S/C22H21N5O3/c1-2-30-17-6-3-15(4-7-17)19-12-21(28)27(14-26-19)10-9-23-22(29)16-5-8-18-20(11-16)25-13-24-18/h3-8,11-14H,2,9-10H2,1H3,(H,23,29)(H,24,25). The van der Waals surface area contributed by atoms with Crippen LogP contribution in [0, 0.1) is 0 Å². The number of carbonyl (C=O) groups is 1.